The van der Waals surface area contributed by atoms with Crippen LogP contribution < -0.4 is 10.1 Å². The molecule has 1 N–H and O–H groups in total. The molecular formula is C14H17NO. The number of benzene rings is 1. The van der Waals surface area contributed by atoms with E-state index in [-0.39, 0.29) is 0 Å². The van der Waals surface area contributed by atoms with Crippen molar-refractivity contribution in [2.45, 2.75) is 31.9 Å². The summed E-state index contributed by atoms with van der Waals surface area (Å²) in [5.41, 5.74) is 2.71. The van der Waals surface area contributed by atoms with Gasteiger partial charge in [0.2, 0.25) is 0 Å². The Hall–Kier alpha value is -1.46. The molecule has 1 aliphatic heterocycles. The molecule has 84 valence electrons. The normalized spacial score (nSPS) is 21.8. The molecule has 3 rings (SSSR count). The smallest absolute Gasteiger partial charge is 0.121 e. The van der Waals surface area contributed by atoms with Gasteiger partial charge in [0, 0.05) is 6.04 Å². The van der Waals surface area contributed by atoms with Crippen LogP contribution in [0, 0.1) is 12.8 Å². The maximum absolute atomic E-state index is 5.88. The van der Waals surface area contributed by atoms with Gasteiger partial charge in [-0.05, 0) is 55.6 Å². The van der Waals surface area contributed by atoms with Crippen LogP contribution in [-0.4, -0.2) is 18.7 Å². The van der Waals surface area contributed by atoms with Crippen molar-refractivity contribution in [1.29, 1.82) is 0 Å². The number of fused-ring (bicyclic) bond motifs is 1. The molecule has 16 heavy (non-hydrogen) atoms. The lowest BCUT2D eigenvalue weighted by Crippen LogP contribution is -2.36. The highest BCUT2D eigenvalue weighted by atomic mass is 16.5. The summed E-state index contributed by atoms with van der Waals surface area (Å²) < 4.78 is 5.88. The van der Waals surface area contributed by atoms with Crippen LogP contribution in [0.25, 0.3) is 11.1 Å². The molecule has 1 fully saturated rings. The van der Waals surface area contributed by atoms with E-state index < -0.39 is 0 Å². The van der Waals surface area contributed by atoms with E-state index in [0.717, 1.165) is 12.3 Å². The molecule has 0 aromatic rings. The highest BCUT2D eigenvalue weighted by molar-refractivity contribution is 5.83. The van der Waals surface area contributed by atoms with Gasteiger partial charge in [0.25, 0.3) is 0 Å². The summed E-state index contributed by atoms with van der Waals surface area (Å²) in [7, 11) is 0. The molecule has 2 aliphatic carbocycles. The molecule has 0 radical (unpaired) electrons. The molecular weight excluding hydrogens is 198 g/mol. The van der Waals surface area contributed by atoms with Crippen molar-refractivity contribution in [3.05, 3.63) is 18.2 Å². The molecule has 0 spiro atoms. The van der Waals surface area contributed by atoms with Crippen molar-refractivity contribution >= 4 is 0 Å². The van der Waals surface area contributed by atoms with Gasteiger partial charge in [0.1, 0.15) is 11.9 Å². The second kappa shape index (κ2) is 4.59. The van der Waals surface area contributed by atoms with Gasteiger partial charge < -0.3 is 10.1 Å². The van der Waals surface area contributed by atoms with Crippen LogP contribution in [0.2, 0.25) is 0 Å². The average molecular weight is 215 g/mol. The third kappa shape index (κ3) is 2.20. The summed E-state index contributed by atoms with van der Waals surface area (Å²) in [5.74, 6) is 1.04. The number of hydrogen-bond donors (Lipinski definition) is 1. The zero-order chi connectivity index (χ0) is 11.5. The first-order chi connectivity index (χ1) is 7.83. The van der Waals surface area contributed by atoms with E-state index in [1.807, 2.05) is 0 Å². The van der Waals surface area contributed by atoms with Gasteiger partial charge in [-0.15, -0.1) is 12.8 Å². The maximum Gasteiger partial charge on any atom is 0.121 e. The van der Waals surface area contributed by atoms with Crippen LogP contribution in [0.3, 0.4) is 0 Å². The van der Waals surface area contributed by atoms with E-state index in [4.69, 9.17) is 4.74 Å². The molecule has 1 saturated heterocycles. The molecule has 0 aromatic heterocycles. The minimum atomic E-state index is 0.290. The summed E-state index contributed by atoms with van der Waals surface area (Å²) >= 11 is 0. The minimum absolute atomic E-state index is 0.290. The number of ether oxygens (including phenoxy) is 1. The highest BCUT2D eigenvalue weighted by Gasteiger charge is 2.23. The fraction of sp³-hybridized carbons (Fsp3) is 0.429. The Morgan fingerprint density at radius 3 is 2.56 bits per heavy atom. The van der Waals surface area contributed by atoms with E-state index in [9.17, 15) is 0 Å². The topological polar surface area (TPSA) is 21.3 Å². The molecule has 0 aromatic carbocycles. The van der Waals surface area contributed by atoms with Gasteiger partial charge >= 0.3 is 0 Å². The van der Waals surface area contributed by atoms with E-state index in [1.165, 1.54) is 24.0 Å². The van der Waals surface area contributed by atoms with Crippen molar-refractivity contribution in [2.75, 3.05) is 6.54 Å². The van der Waals surface area contributed by atoms with Crippen LogP contribution in [0.15, 0.2) is 18.2 Å². The summed E-state index contributed by atoms with van der Waals surface area (Å²) in [6, 6.07) is 6.97. The van der Waals surface area contributed by atoms with Gasteiger partial charge in [0.15, 0.2) is 0 Å². The molecule has 0 saturated carbocycles. The quantitative estimate of drug-likeness (QED) is 0.794. The Labute approximate surface area is 97.0 Å². The third-order valence-corrected chi connectivity index (χ3v) is 3.14. The first kappa shape index (κ1) is 11.0. The zero-order valence-electron chi connectivity index (χ0n) is 9.57. The Balaban J connectivity index is 0.000000457. The first-order valence-electron chi connectivity index (χ1n) is 5.72. The van der Waals surface area contributed by atoms with E-state index in [0.29, 0.717) is 12.1 Å². The van der Waals surface area contributed by atoms with Crippen molar-refractivity contribution in [2.24, 2.45) is 0 Å². The van der Waals surface area contributed by atoms with Gasteiger partial charge in [-0.1, -0.05) is 0 Å². The van der Waals surface area contributed by atoms with Gasteiger partial charge in [-0.3, -0.25) is 0 Å². The van der Waals surface area contributed by atoms with E-state index >= 15 is 0 Å². The van der Waals surface area contributed by atoms with Crippen LogP contribution in [0.1, 0.15) is 19.8 Å². The molecule has 3 aliphatic rings. The predicted molar refractivity (Wildman–Crippen MR) is 66.4 cm³/mol. The largest absolute Gasteiger partial charge is 0.489 e. The van der Waals surface area contributed by atoms with Crippen LogP contribution in [-0.2, 0) is 0 Å². The maximum atomic E-state index is 5.88. The van der Waals surface area contributed by atoms with Crippen molar-refractivity contribution in [3.8, 4) is 29.7 Å². The van der Waals surface area contributed by atoms with E-state index in [1.54, 1.807) is 0 Å². The SMILES string of the molecule is C#C.CC(Oc1cc2cc-2c1)C1CCCN1. The summed E-state index contributed by atoms with van der Waals surface area (Å²) in [6.45, 7) is 3.30. The van der Waals surface area contributed by atoms with Crippen molar-refractivity contribution < 1.29 is 4.74 Å². The molecule has 2 nitrogen and oxygen atoms in total. The minimum Gasteiger partial charge on any atom is -0.489 e. The lowest BCUT2D eigenvalue weighted by Gasteiger charge is -2.20. The fourth-order valence-electron chi connectivity index (χ4n) is 2.21. The Bertz CT molecular complexity index is 371. The standard InChI is InChI=1S/C12H15NO.C2H2/c1-8(12-3-2-4-13-12)14-11-6-9-5-10(9)7-11;1-2/h5-8,12-13H,2-4H2,1H3;1-2H. The van der Waals surface area contributed by atoms with Crippen molar-refractivity contribution in [1.82, 2.24) is 5.32 Å². The van der Waals surface area contributed by atoms with Crippen molar-refractivity contribution in [3.63, 3.8) is 0 Å². The summed E-state index contributed by atoms with van der Waals surface area (Å²) in [5, 5.41) is 3.47. The number of rotatable bonds is 3. The summed E-state index contributed by atoms with van der Waals surface area (Å²) in [4.78, 5) is 0. The molecule has 2 unspecified atom stereocenters. The molecule has 2 heteroatoms. The Kier molecular flexibility index (Phi) is 3.17. The number of terminal acetylenes is 1. The highest BCUT2D eigenvalue weighted by Crippen LogP contribution is 2.40. The fourth-order valence-corrected chi connectivity index (χ4v) is 2.21. The van der Waals surface area contributed by atoms with Gasteiger partial charge in [0.05, 0.1) is 0 Å². The van der Waals surface area contributed by atoms with Gasteiger partial charge in [-0.25, -0.2) is 0 Å². The zero-order valence-corrected chi connectivity index (χ0v) is 9.57. The lowest BCUT2D eigenvalue weighted by molar-refractivity contribution is 0.180. The third-order valence-electron chi connectivity index (χ3n) is 3.14. The van der Waals surface area contributed by atoms with Gasteiger partial charge in [-0.2, -0.15) is 0 Å². The molecule has 0 amide bonds. The predicted octanol–water partition coefficient (Wildman–Crippen LogP) is 2.44. The second-order valence-electron chi connectivity index (χ2n) is 4.27. The molecule has 1 heterocycles. The number of hydrogen-bond acceptors (Lipinski definition) is 2. The molecule has 0 bridgehead atoms. The van der Waals surface area contributed by atoms with Crippen LogP contribution >= 0.6 is 0 Å². The number of nitrogens with one attached hydrogen (secondary N) is 1. The second-order valence-corrected chi connectivity index (χ2v) is 4.27. The van der Waals surface area contributed by atoms with Crippen LogP contribution in [0.4, 0.5) is 0 Å². The molecule has 2 atom stereocenters. The monoisotopic (exact) mass is 215 g/mol. The summed E-state index contributed by atoms with van der Waals surface area (Å²) in [6.07, 6.45) is 10.8. The first-order valence-corrected chi connectivity index (χ1v) is 5.72. The average Bonchev–Trinajstić information content (AvgIpc) is 2.78. The van der Waals surface area contributed by atoms with Crippen LogP contribution in [0.5, 0.6) is 5.75 Å². The Morgan fingerprint density at radius 2 is 2.00 bits per heavy atom. The Morgan fingerprint density at radius 1 is 1.31 bits per heavy atom. The van der Waals surface area contributed by atoms with E-state index in [2.05, 4.69) is 43.3 Å². The lowest BCUT2D eigenvalue weighted by atomic mass is 10.1.